The van der Waals surface area contributed by atoms with Gasteiger partial charge >= 0.3 is 5.97 Å². The first kappa shape index (κ1) is 20.4. The second kappa shape index (κ2) is 7.86. The molecule has 1 aromatic rings. The van der Waals surface area contributed by atoms with Crippen molar-refractivity contribution in [3.63, 3.8) is 0 Å². The molecular formula is C24H30N2O5. The molecule has 1 saturated heterocycles. The minimum atomic E-state index is -0.814. The fraction of sp³-hybridized carbons (Fsp3) is 0.583. The highest BCUT2D eigenvalue weighted by molar-refractivity contribution is 5.87. The average Bonchev–Trinajstić information content (AvgIpc) is 3.46. The zero-order valence-corrected chi connectivity index (χ0v) is 18.2. The molecule has 4 aliphatic rings. The maximum Gasteiger partial charge on any atom is 0.307 e. The van der Waals surface area contributed by atoms with Gasteiger partial charge in [0.25, 0.3) is 0 Å². The lowest BCUT2D eigenvalue weighted by Crippen LogP contribution is -2.52. The van der Waals surface area contributed by atoms with Crippen molar-refractivity contribution in [3.8, 4) is 11.5 Å². The summed E-state index contributed by atoms with van der Waals surface area (Å²) in [5, 5.41) is 9.90. The lowest BCUT2D eigenvalue weighted by Gasteiger charge is -2.38. The zero-order valence-electron chi connectivity index (χ0n) is 18.2. The van der Waals surface area contributed by atoms with Crippen LogP contribution in [0.3, 0.4) is 0 Å². The fourth-order valence-corrected chi connectivity index (χ4v) is 6.22. The quantitative estimate of drug-likeness (QED) is 0.746. The van der Waals surface area contributed by atoms with Crippen molar-refractivity contribution in [3.05, 3.63) is 34.9 Å². The summed E-state index contributed by atoms with van der Waals surface area (Å²) >= 11 is 0. The molecule has 0 unspecified atom stereocenters. The Labute approximate surface area is 182 Å². The van der Waals surface area contributed by atoms with Crippen molar-refractivity contribution in [1.29, 1.82) is 0 Å². The van der Waals surface area contributed by atoms with Gasteiger partial charge in [-0.15, -0.1) is 0 Å². The highest BCUT2D eigenvalue weighted by Gasteiger charge is 2.58. The Hall–Kier alpha value is -2.54. The van der Waals surface area contributed by atoms with Crippen LogP contribution in [0.1, 0.15) is 32.3 Å². The molecule has 2 aliphatic carbocycles. The molecule has 2 saturated carbocycles. The van der Waals surface area contributed by atoms with E-state index in [0.717, 1.165) is 49.5 Å². The van der Waals surface area contributed by atoms with E-state index in [-0.39, 0.29) is 24.5 Å². The van der Waals surface area contributed by atoms with Crippen LogP contribution in [0.15, 0.2) is 29.3 Å². The summed E-state index contributed by atoms with van der Waals surface area (Å²) in [4.78, 5) is 29.8. The summed E-state index contributed by atoms with van der Waals surface area (Å²) in [5.74, 6) is -0.0219. The van der Waals surface area contributed by atoms with E-state index in [9.17, 15) is 14.7 Å². The Morgan fingerprint density at radius 2 is 1.68 bits per heavy atom. The van der Waals surface area contributed by atoms with Crippen LogP contribution in [0.2, 0.25) is 0 Å². The number of carbonyl (C=O) groups is 2. The number of carboxylic acids is 1. The molecule has 7 nitrogen and oxygen atoms in total. The second-order valence-corrected chi connectivity index (χ2v) is 9.42. The number of piperazine rings is 1. The standard InChI is InChI=1S/C24H30N2O5/c1-14(2)20-16-4-5-17(20)22(24(28)29)21(16)23(27)26-9-7-25(8-10-26)12-15-3-6-18-19(11-15)31-13-30-18/h3,6,11,16-17,21-22H,4-5,7-10,12-13H2,1-2H3,(H,28,29)/t16-,17+,21+,22-/m0/s1. The highest BCUT2D eigenvalue weighted by atomic mass is 16.7. The minimum Gasteiger partial charge on any atom is -0.481 e. The molecule has 0 aromatic heterocycles. The number of carbonyl (C=O) groups excluding carboxylic acids is 1. The van der Waals surface area contributed by atoms with Gasteiger partial charge in [-0.1, -0.05) is 17.2 Å². The van der Waals surface area contributed by atoms with Crippen LogP contribution in [0.4, 0.5) is 0 Å². The first-order valence-corrected chi connectivity index (χ1v) is 11.2. The number of fused-ring (bicyclic) bond motifs is 3. The highest BCUT2D eigenvalue weighted by Crippen LogP contribution is 2.57. The molecule has 1 N–H and O–H groups in total. The molecule has 1 aromatic carbocycles. The SMILES string of the molecule is CC(C)=C1[C@H]2CC[C@@H]1[C@@H](C(=O)N1CCN(Cc3ccc4c(c3)OCO4)CC1)[C@H]2C(=O)O. The number of allylic oxidation sites excluding steroid dienone is 2. The zero-order chi connectivity index (χ0) is 21.7. The van der Waals surface area contributed by atoms with E-state index >= 15 is 0 Å². The summed E-state index contributed by atoms with van der Waals surface area (Å²) in [6.07, 6.45) is 1.84. The number of benzene rings is 1. The van der Waals surface area contributed by atoms with Gasteiger partial charge in [-0.05, 0) is 56.2 Å². The first-order chi connectivity index (χ1) is 14.9. The van der Waals surface area contributed by atoms with E-state index < -0.39 is 17.8 Å². The Kier molecular flexibility index (Phi) is 5.16. The Bertz CT molecular complexity index is 930. The largest absolute Gasteiger partial charge is 0.481 e. The molecule has 0 spiro atoms. The monoisotopic (exact) mass is 426 g/mol. The van der Waals surface area contributed by atoms with Crippen molar-refractivity contribution in [2.24, 2.45) is 23.7 Å². The maximum absolute atomic E-state index is 13.5. The number of hydrogen-bond donors (Lipinski definition) is 1. The van der Waals surface area contributed by atoms with Crippen LogP contribution in [0.25, 0.3) is 0 Å². The number of carboxylic acid groups (broad SMARTS) is 1. The molecule has 0 radical (unpaired) electrons. The molecule has 166 valence electrons. The molecule has 4 atom stereocenters. The average molecular weight is 427 g/mol. The predicted octanol–water partition coefficient (Wildman–Crippen LogP) is 2.75. The van der Waals surface area contributed by atoms with E-state index in [4.69, 9.17) is 9.47 Å². The summed E-state index contributed by atoms with van der Waals surface area (Å²) < 4.78 is 10.8. The van der Waals surface area contributed by atoms with Gasteiger partial charge in [0.2, 0.25) is 12.7 Å². The Morgan fingerprint density at radius 3 is 2.35 bits per heavy atom. The van der Waals surface area contributed by atoms with Crippen molar-refractivity contribution in [2.75, 3.05) is 33.0 Å². The molecule has 2 bridgehead atoms. The number of aliphatic carboxylic acids is 1. The Morgan fingerprint density at radius 1 is 1.00 bits per heavy atom. The van der Waals surface area contributed by atoms with Crippen LogP contribution in [0, 0.1) is 23.7 Å². The molecule has 2 aliphatic heterocycles. The molecule has 1 amide bonds. The third kappa shape index (κ3) is 3.49. The molecule has 5 rings (SSSR count). The summed E-state index contributed by atoms with van der Waals surface area (Å²) in [6.45, 7) is 8.05. The van der Waals surface area contributed by atoms with E-state index in [0.29, 0.717) is 13.1 Å². The third-order valence-electron chi connectivity index (χ3n) is 7.52. The number of amides is 1. The summed E-state index contributed by atoms with van der Waals surface area (Å²) in [5.41, 5.74) is 3.60. The lowest BCUT2D eigenvalue weighted by molar-refractivity contribution is -0.153. The van der Waals surface area contributed by atoms with Gasteiger partial charge in [0.15, 0.2) is 11.5 Å². The van der Waals surface area contributed by atoms with Crippen LogP contribution >= 0.6 is 0 Å². The molecule has 31 heavy (non-hydrogen) atoms. The van der Waals surface area contributed by atoms with Gasteiger partial charge in [-0.25, -0.2) is 0 Å². The lowest BCUT2D eigenvalue weighted by atomic mass is 9.78. The van der Waals surface area contributed by atoms with Gasteiger partial charge in [-0.3, -0.25) is 14.5 Å². The maximum atomic E-state index is 13.5. The van der Waals surface area contributed by atoms with Gasteiger partial charge in [0.05, 0.1) is 11.8 Å². The van der Waals surface area contributed by atoms with Crippen LogP contribution < -0.4 is 9.47 Å². The molecule has 3 fully saturated rings. The molecule has 2 heterocycles. The van der Waals surface area contributed by atoms with Crippen LogP contribution in [-0.2, 0) is 16.1 Å². The topological polar surface area (TPSA) is 79.3 Å². The Balaban J connectivity index is 1.24. The van der Waals surface area contributed by atoms with Gasteiger partial charge < -0.3 is 19.5 Å². The molecular weight excluding hydrogens is 396 g/mol. The third-order valence-corrected chi connectivity index (χ3v) is 7.52. The summed E-state index contributed by atoms with van der Waals surface area (Å²) in [6, 6.07) is 6.02. The van der Waals surface area contributed by atoms with Gasteiger partial charge in [-0.2, -0.15) is 0 Å². The fourth-order valence-electron chi connectivity index (χ4n) is 6.22. The van der Waals surface area contributed by atoms with Crippen LogP contribution in [0.5, 0.6) is 11.5 Å². The minimum absolute atomic E-state index is 0.0359. The van der Waals surface area contributed by atoms with Crippen molar-refractivity contribution < 1.29 is 24.2 Å². The predicted molar refractivity (Wildman–Crippen MR) is 114 cm³/mol. The first-order valence-electron chi connectivity index (χ1n) is 11.2. The van der Waals surface area contributed by atoms with Crippen molar-refractivity contribution in [1.82, 2.24) is 9.80 Å². The molecule has 7 heteroatoms. The van der Waals surface area contributed by atoms with Crippen molar-refractivity contribution in [2.45, 2.75) is 33.2 Å². The smallest absolute Gasteiger partial charge is 0.307 e. The second-order valence-electron chi connectivity index (χ2n) is 9.42. The van der Waals surface area contributed by atoms with Gasteiger partial charge in [0, 0.05) is 32.7 Å². The number of hydrogen-bond acceptors (Lipinski definition) is 5. The summed E-state index contributed by atoms with van der Waals surface area (Å²) in [7, 11) is 0. The van der Waals surface area contributed by atoms with Crippen molar-refractivity contribution >= 4 is 11.9 Å². The number of nitrogens with zero attached hydrogens (tertiary/aromatic N) is 2. The number of ether oxygens (including phenoxy) is 2. The van der Waals surface area contributed by atoms with E-state index in [1.807, 2.05) is 17.0 Å². The van der Waals surface area contributed by atoms with E-state index in [1.165, 1.54) is 11.1 Å². The van der Waals surface area contributed by atoms with Gasteiger partial charge in [0.1, 0.15) is 0 Å². The normalized spacial score (nSPS) is 29.5. The van der Waals surface area contributed by atoms with Crippen LogP contribution in [-0.4, -0.2) is 59.8 Å². The number of rotatable bonds is 4. The van der Waals surface area contributed by atoms with E-state index in [2.05, 4.69) is 24.8 Å². The van der Waals surface area contributed by atoms with E-state index in [1.54, 1.807) is 0 Å².